The lowest BCUT2D eigenvalue weighted by atomic mass is 10.1. The van der Waals surface area contributed by atoms with E-state index >= 15 is 0 Å². The van der Waals surface area contributed by atoms with E-state index < -0.39 is 6.10 Å². The molecule has 0 bridgehead atoms. The average molecular weight is 340 g/mol. The molecular weight excluding hydrogens is 316 g/mol. The zero-order valence-corrected chi connectivity index (χ0v) is 14.7. The minimum atomic E-state index is -0.391. The second-order valence-electron chi connectivity index (χ2n) is 6.13. The van der Waals surface area contributed by atoms with Crippen molar-refractivity contribution in [2.75, 3.05) is 14.2 Å². The summed E-state index contributed by atoms with van der Waals surface area (Å²) in [5.74, 6) is 1.64. The van der Waals surface area contributed by atoms with Crippen LogP contribution in [0.3, 0.4) is 0 Å². The van der Waals surface area contributed by atoms with Gasteiger partial charge in [-0.25, -0.2) is 0 Å². The van der Waals surface area contributed by atoms with Crippen LogP contribution in [-0.2, 0) is 0 Å². The normalized spacial score (nSPS) is 15.5. The first-order chi connectivity index (χ1) is 12.1. The molecule has 0 fully saturated rings. The Hall–Kier alpha value is -2.66. The highest BCUT2D eigenvalue weighted by Crippen LogP contribution is 2.30. The van der Waals surface area contributed by atoms with Crippen molar-refractivity contribution in [2.24, 2.45) is 0 Å². The van der Waals surface area contributed by atoms with Gasteiger partial charge in [-0.05, 0) is 55.5 Å². The first-order valence-corrected chi connectivity index (χ1v) is 8.35. The van der Waals surface area contributed by atoms with Crippen molar-refractivity contribution in [1.82, 2.24) is 10.6 Å². The van der Waals surface area contributed by atoms with Gasteiger partial charge in [0.25, 0.3) is 0 Å². The molecule has 3 rings (SSSR count). The molecule has 0 aromatic heterocycles. The van der Waals surface area contributed by atoms with Crippen molar-refractivity contribution in [2.45, 2.75) is 25.6 Å². The van der Waals surface area contributed by atoms with Crippen LogP contribution in [0.25, 0.3) is 11.4 Å². The summed E-state index contributed by atoms with van der Waals surface area (Å²) in [5.41, 5.74) is 4.15. The molecule has 0 saturated carbocycles. The van der Waals surface area contributed by atoms with Gasteiger partial charge < -0.3 is 25.2 Å². The molecule has 3 N–H and O–H groups in total. The minimum Gasteiger partial charge on any atom is -0.497 e. The third-order valence-corrected chi connectivity index (χ3v) is 4.22. The fourth-order valence-corrected chi connectivity index (χ4v) is 2.96. The van der Waals surface area contributed by atoms with Crippen LogP contribution in [0.15, 0.2) is 48.5 Å². The molecule has 25 heavy (non-hydrogen) atoms. The molecule has 0 aliphatic carbocycles. The summed E-state index contributed by atoms with van der Waals surface area (Å²) >= 11 is 0. The van der Waals surface area contributed by atoms with E-state index in [-0.39, 0.29) is 6.17 Å². The van der Waals surface area contributed by atoms with Gasteiger partial charge in [-0.1, -0.05) is 0 Å². The highest BCUT2D eigenvalue weighted by atomic mass is 16.5. The van der Waals surface area contributed by atoms with E-state index in [1.165, 1.54) is 0 Å². The van der Waals surface area contributed by atoms with Crippen LogP contribution in [0, 0.1) is 0 Å². The van der Waals surface area contributed by atoms with Gasteiger partial charge in [-0.3, -0.25) is 0 Å². The number of benzene rings is 2. The summed E-state index contributed by atoms with van der Waals surface area (Å²) in [6.07, 6.45) is 0.200. The van der Waals surface area contributed by atoms with E-state index in [0.717, 1.165) is 34.0 Å². The second kappa shape index (κ2) is 7.49. The van der Waals surface area contributed by atoms with Gasteiger partial charge in [0.1, 0.15) is 11.5 Å². The molecule has 132 valence electrons. The quantitative estimate of drug-likeness (QED) is 0.755. The Balaban J connectivity index is 1.96. The van der Waals surface area contributed by atoms with E-state index in [4.69, 9.17) is 9.47 Å². The maximum Gasteiger partial charge on any atom is 0.118 e. The van der Waals surface area contributed by atoms with Crippen LogP contribution >= 0.6 is 0 Å². The highest BCUT2D eigenvalue weighted by Gasteiger charge is 2.25. The Kier molecular flexibility index (Phi) is 5.14. The summed E-state index contributed by atoms with van der Waals surface area (Å²) in [4.78, 5) is 0. The van der Waals surface area contributed by atoms with Gasteiger partial charge in [-0.15, -0.1) is 0 Å². The van der Waals surface area contributed by atoms with Gasteiger partial charge in [0.05, 0.1) is 37.9 Å². The van der Waals surface area contributed by atoms with Crippen LogP contribution in [0.2, 0.25) is 0 Å². The van der Waals surface area contributed by atoms with Gasteiger partial charge in [0.15, 0.2) is 0 Å². The molecule has 0 saturated heterocycles. The van der Waals surface area contributed by atoms with Crippen molar-refractivity contribution < 1.29 is 14.6 Å². The number of aliphatic hydroxyl groups excluding tert-OH is 1. The molecule has 0 amide bonds. The molecule has 1 aliphatic heterocycles. The number of hydrogen-bond acceptors (Lipinski definition) is 5. The lowest BCUT2D eigenvalue weighted by Gasteiger charge is -2.16. The molecule has 5 heteroatoms. The molecule has 5 nitrogen and oxygen atoms in total. The topological polar surface area (TPSA) is 62.8 Å². The predicted molar refractivity (Wildman–Crippen MR) is 99.2 cm³/mol. The molecule has 1 unspecified atom stereocenters. The lowest BCUT2D eigenvalue weighted by Crippen LogP contribution is -2.35. The van der Waals surface area contributed by atoms with Gasteiger partial charge in [0, 0.05) is 17.5 Å². The fourth-order valence-electron chi connectivity index (χ4n) is 2.96. The second-order valence-corrected chi connectivity index (χ2v) is 6.13. The Labute approximate surface area is 148 Å². The number of aliphatic hydroxyl groups is 1. The van der Waals surface area contributed by atoms with E-state index in [1.807, 2.05) is 48.5 Å². The van der Waals surface area contributed by atoms with Crippen molar-refractivity contribution in [3.63, 3.8) is 0 Å². The van der Waals surface area contributed by atoms with Crippen molar-refractivity contribution in [3.8, 4) is 11.5 Å². The third-order valence-electron chi connectivity index (χ3n) is 4.22. The monoisotopic (exact) mass is 340 g/mol. The fraction of sp³-hybridized carbons (Fsp3) is 0.300. The average Bonchev–Trinajstić information content (AvgIpc) is 3.05. The lowest BCUT2D eigenvalue weighted by molar-refractivity contribution is 0.169. The van der Waals surface area contributed by atoms with Crippen LogP contribution in [0.4, 0.5) is 0 Å². The van der Waals surface area contributed by atoms with Crippen molar-refractivity contribution in [1.29, 1.82) is 0 Å². The smallest absolute Gasteiger partial charge is 0.118 e. The van der Waals surface area contributed by atoms with Crippen LogP contribution in [0.1, 0.15) is 24.5 Å². The number of methoxy groups -OCH3 is 2. The van der Waals surface area contributed by atoms with Crippen LogP contribution < -0.4 is 20.1 Å². The minimum absolute atomic E-state index is 0.0193. The zero-order chi connectivity index (χ0) is 17.8. The van der Waals surface area contributed by atoms with Gasteiger partial charge in [0.2, 0.25) is 0 Å². The van der Waals surface area contributed by atoms with Gasteiger partial charge in [-0.2, -0.15) is 0 Å². The van der Waals surface area contributed by atoms with E-state index in [2.05, 4.69) is 10.6 Å². The standard InChI is InChI=1S/C20H24N2O3/c1-13(23)12-18-21-19(14-4-8-16(24-2)9-5-14)20(22-18)15-6-10-17(25-3)11-7-15/h4-11,13,18,21-23H,12H2,1-3H3. The SMILES string of the molecule is COc1ccc(C2=C(c3ccc(OC)cc3)NC(CC(C)O)N2)cc1. The molecule has 0 radical (unpaired) electrons. The maximum absolute atomic E-state index is 9.73. The molecule has 2 aromatic carbocycles. The number of rotatable bonds is 6. The summed E-state index contributed by atoms with van der Waals surface area (Å²) in [7, 11) is 3.32. The van der Waals surface area contributed by atoms with E-state index in [0.29, 0.717) is 6.42 Å². The summed E-state index contributed by atoms with van der Waals surface area (Å²) in [5, 5.41) is 16.7. The number of nitrogens with one attached hydrogen (secondary N) is 2. The van der Waals surface area contributed by atoms with Crippen LogP contribution in [-0.4, -0.2) is 31.6 Å². The molecular formula is C20H24N2O3. The Morgan fingerprint density at radius 3 is 1.56 bits per heavy atom. The number of ether oxygens (including phenoxy) is 2. The Bertz CT molecular complexity index is 677. The summed E-state index contributed by atoms with van der Waals surface area (Å²) < 4.78 is 10.5. The Morgan fingerprint density at radius 2 is 1.24 bits per heavy atom. The molecule has 2 aromatic rings. The molecule has 1 heterocycles. The zero-order valence-electron chi connectivity index (χ0n) is 14.7. The largest absolute Gasteiger partial charge is 0.497 e. The van der Waals surface area contributed by atoms with Crippen molar-refractivity contribution in [3.05, 3.63) is 59.7 Å². The first-order valence-electron chi connectivity index (χ1n) is 8.35. The van der Waals surface area contributed by atoms with Gasteiger partial charge >= 0.3 is 0 Å². The number of hydrogen-bond donors (Lipinski definition) is 3. The predicted octanol–water partition coefficient (Wildman–Crippen LogP) is 2.82. The first kappa shape index (κ1) is 17.2. The molecule has 1 atom stereocenters. The van der Waals surface area contributed by atoms with Crippen LogP contribution in [0.5, 0.6) is 11.5 Å². The Morgan fingerprint density at radius 1 is 0.840 bits per heavy atom. The third kappa shape index (κ3) is 3.88. The maximum atomic E-state index is 9.73. The highest BCUT2D eigenvalue weighted by molar-refractivity contribution is 5.91. The molecule has 1 aliphatic rings. The summed E-state index contributed by atoms with van der Waals surface area (Å²) in [6, 6.07) is 15.9. The summed E-state index contributed by atoms with van der Waals surface area (Å²) in [6.45, 7) is 1.79. The van der Waals surface area contributed by atoms with Crippen molar-refractivity contribution >= 4 is 11.4 Å². The molecule has 0 spiro atoms. The van der Waals surface area contributed by atoms with E-state index in [1.54, 1.807) is 21.1 Å². The van der Waals surface area contributed by atoms with E-state index in [9.17, 15) is 5.11 Å².